The number of nitrogens with zero attached hydrogens (tertiary/aromatic N) is 3. The summed E-state index contributed by atoms with van der Waals surface area (Å²) in [4.78, 5) is 94.9. The highest BCUT2D eigenvalue weighted by atomic mass is 31.2. The van der Waals surface area contributed by atoms with E-state index in [1.165, 1.54) is 24.3 Å². The Hall–Kier alpha value is -4.43. The van der Waals surface area contributed by atoms with Gasteiger partial charge in [-0.2, -0.15) is 0 Å². The van der Waals surface area contributed by atoms with E-state index in [0.29, 0.717) is 42.4 Å². The predicted molar refractivity (Wildman–Crippen MR) is 174 cm³/mol. The third-order valence-corrected chi connectivity index (χ3v) is 9.76. The van der Waals surface area contributed by atoms with Crippen molar-refractivity contribution in [2.24, 2.45) is 5.73 Å². The number of nitrogens with two attached hydrogens (primary N) is 1. The van der Waals surface area contributed by atoms with Gasteiger partial charge < -0.3 is 36.0 Å². The van der Waals surface area contributed by atoms with Gasteiger partial charge >= 0.3 is 7.60 Å². The Labute approximate surface area is 276 Å². The Morgan fingerprint density at radius 1 is 1.10 bits per heavy atom. The van der Waals surface area contributed by atoms with Crippen LogP contribution in [-0.2, 0) is 18.9 Å². The van der Waals surface area contributed by atoms with Gasteiger partial charge in [-0.05, 0) is 75.9 Å². The third-order valence-electron chi connectivity index (χ3n) is 8.98. The molecule has 0 aliphatic carbocycles. The van der Waals surface area contributed by atoms with Crippen LogP contribution in [0.2, 0.25) is 0 Å². The van der Waals surface area contributed by atoms with Gasteiger partial charge in [0.1, 0.15) is 17.8 Å². The molecule has 15 nitrogen and oxygen atoms in total. The zero-order chi connectivity index (χ0) is 34.7. The number of hydrogen-bond donors (Lipinski definition) is 6. The van der Waals surface area contributed by atoms with Crippen molar-refractivity contribution in [3.05, 3.63) is 65.6 Å². The van der Waals surface area contributed by atoms with Crippen molar-refractivity contribution in [2.45, 2.75) is 76.2 Å². The highest BCUT2D eigenvalue weighted by Crippen LogP contribution is 2.39. The lowest BCUT2D eigenvalue weighted by molar-refractivity contribution is -0.143. The molecule has 4 amide bonds. The van der Waals surface area contributed by atoms with Gasteiger partial charge in [0.15, 0.2) is 0 Å². The Bertz CT molecular complexity index is 1760. The molecule has 2 saturated heterocycles. The van der Waals surface area contributed by atoms with Gasteiger partial charge in [0.05, 0.1) is 11.7 Å². The summed E-state index contributed by atoms with van der Waals surface area (Å²) in [6, 6.07) is 8.13. The van der Waals surface area contributed by atoms with E-state index in [0.717, 1.165) is 0 Å². The number of hydrogen-bond acceptors (Lipinski definition) is 8. The molecule has 16 heteroatoms. The van der Waals surface area contributed by atoms with E-state index in [9.17, 15) is 38.3 Å². The van der Waals surface area contributed by atoms with Gasteiger partial charge in [0.2, 0.25) is 17.7 Å². The average molecular weight is 682 g/mol. The summed E-state index contributed by atoms with van der Waals surface area (Å²) in [5.41, 5.74) is 4.95. The lowest BCUT2D eigenvalue weighted by atomic mass is 10.0. The predicted octanol–water partition coefficient (Wildman–Crippen LogP) is 1.58. The number of fused-ring (bicyclic) bond motifs is 2. The standard InChI is InChI=1S/C32H40N7O8P/c1-18(2)38-14-12-21-7-10-27(30(42)36-24(9-11-28(33)40)23-5-3-4-13-34-23)39(21)31(43)26(17-38)37-29(41)25-16-20-15-19(6-8-22(20)35-25)32(44)48(45,46)47/h3-6,8,13,15-16,18,21,24,26-27,35H,7,9-12,14,17H2,1-2H3,(H2,33,40)(H,36,42)(H,37,41)(H2,45,46,47)/t21-,24+,26+,27+/m1/s1. The maximum Gasteiger partial charge on any atom is 0.396 e. The molecule has 0 spiro atoms. The van der Waals surface area contributed by atoms with Crippen molar-refractivity contribution >= 4 is 47.7 Å². The number of H-pyrrole nitrogens is 1. The quantitative estimate of drug-likeness (QED) is 0.160. The normalized spacial score (nSPS) is 21.0. The first-order chi connectivity index (χ1) is 22.7. The lowest BCUT2D eigenvalue weighted by Gasteiger charge is -2.40. The number of rotatable bonds is 11. The van der Waals surface area contributed by atoms with E-state index in [1.54, 1.807) is 29.3 Å². The third kappa shape index (κ3) is 7.81. The second kappa shape index (κ2) is 14.4. The van der Waals surface area contributed by atoms with E-state index in [4.69, 9.17) is 5.73 Å². The molecular weight excluding hydrogens is 641 g/mol. The molecule has 5 rings (SSSR count). The van der Waals surface area contributed by atoms with Crippen molar-refractivity contribution in [1.29, 1.82) is 0 Å². The van der Waals surface area contributed by atoms with Crippen molar-refractivity contribution < 1.29 is 38.3 Å². The number of primary amides is 1. The topological polar surface area (TPSA) is 228 Å². The number of nitrogens with one attached hydrogen (secondary N) is 3. The molecule has 256 valence electrons. The first-order valence-corrected chi connectivity index (χ1v) is 17.4. The number of carbonyl (C=O) groups excluding carboxylic acids is 5. The van der Waals surface area contributed by atoms with Crippen LogP contribution in [0.15, 0.2) is 48.7 Å². The average Bonchev–Trinajstić information content (AvgIpc) is 3.66. The van der Waals surface area contributed by atoms with Gasteiger partial charge in [0.25, 0.3) is 11.4 Å². The number of pyridine rings is 1. The van der Waals surface area contributed by atoms with Crippen molar-refractivity contribution in [2.75, 3.05) is 13.1 Å². The second-order valence-electron chi connectivity index (χ2n) is 12.6. The summed E-state index contributed by atoms with van der Waals surface area (Å²) in [5.74, 6) is -1.89. The first-order valence-electron chi connectivity index (χ1n) is 15.8. The molecule has 1 aromatic carbocycles. The van der Waals surface area contributed by atoms with Crippen molar-refractivity contribution in [3.63, 3.8) is 0 Å². The van der Waals surface area contributed by atoms with Gasteiger partial charge in [-0.1, -0.05) is 6.07 Å². The van der Waals surface area contributed by atoms with Crippen molar-refractivity contribution in [3.8, 4) is 0 Å². The molecule has 3 aromatic rings. The first kappa shape index (κ1) is 34.9. The summed E-state index contributed by atoms with van der Waals surface area (Å²) in [5, 5.41) is 6.21. The molecule has 2 aliphatic rings. The second-order valence-corrected chi connectivity index (χ2v) is 14.0. The Morgan fingerprint density at radius 3 is 2.54 bits per heavy atom. The molecule has 2 fully saturated rings. The summed E-state index contributed by atoms with van der Waals surface area (Å²) < 4.78 is 11.5. The molecule has 2 aromatic heterocycles. The van der Waals surface area contributed by atoms with E-state index in [2.05, 4.69) is 25.5 Å². The summed E-state index contributed by atoms with van der Waals surface area (Å²) >= 11 is 0. The minimum Gasteiger partial charge on any atom is -0.370 e. The molecule has 0 bridgehead atoms. The van der Waals surface area contributed by atoms with Crippen LogP contribution in [0, 0.1) is 0 Å². The molecule has 2 aliphatic heterocycles. The Balaban J connectivity index is 1.38. The monoisotopic (exact) mass is 681 g/mol. The van der Waals surface area contributed by atoms with Gasteiger partial charge in [-0.3, -0.25) is 38.4 Å². The molecule has 4 atom stereocenters. The Morgan fingerprint density at radius 2 is 1.88 bits per heavy atom. The van der Waals surface area contributed by atoms with Gasteiger partial charge in [-0.25, -0.2) is 0 Å². The number of aromatic nitrogens is 2. The van der Waals surface area contributed by atoms with E-state index < -0.39 is 49.0 Å². The highest BCUT2D eigenvalue weighted by Gasteiger charge is 2.45. The maximum absolute atomic E-state index is 14.3. The molecule has 4 heterocycles. The van der Waals surface area contributed by atoms with Crippen LogP contribution < -0.4 is 16.4 Å². The fourth-order valence-electron chi connectivity index (χ4n) is 6.46. The molecular formula is C32H40N7O8P. The van der Waals surface area contributed by atoms with Crippen LogP contribution in [0.5, 0.6) is 0 Å². The molecule has 7 N–H and O–H groups in total. The number of aromatic amines is 1. The minimum atomic E-state index is -5.00. The largest absolute Gasteiger partial charge is 0.396 e. The maximum atomic E-state index is 14.3. The van der Waals surface area contributed by atoms with Gasteiger partial charge in [-0.15, -0.1) is 0 Å². The minimum absolute atomic E-state index is 0.0334. The molecule has 48 heavy (non-hydrogen) atoms. The van der Waals surface area contributed by atoms with Crippen LogP contribution in [-0.4, -0.2) is 96.0 Å². The fraction of sp³-hybridized carbons (Fsp3) is 0.438. The molecule has 0 saturated carbocycles. The Kier molecular flexibility index (Phi) is 10.4. The zero-order valence-corrected chi connectivity index (χ0v) is 27.6. The lowest BCUT2D eigenvalue weighted by Crippen LogP contribution is -2.61. The van der Waals surface area contributed by atoms with E-state index >= 15 is 0 Å². The fourth-order valence-corrected chi connectivity index (χ4v) is 6.93. The van der Waals surface area contributed by atoms with Crippen molar-refractivity contribution in [1.82, 2.24) is 30.4 Å². The SMILES string of the molecule is CC(C)N1CC[C@H]2CC[C@@H](C(=O)N[C@@H](CCC(N)=O)c3ccccn3)N2C(=O)[C@@H](NC(=O)c2cc3cc(C(=O)P(=O)(O)O)ccc3[nH]2)C1. The van der Waals surface area contributed by atoms with E-state index in [1.807, 2.05) is 13.8 Å². The molecule has 0 unspecified atom stereocenters. The van der Waals surface area contributed by atoms with Crippen LogP contribution in [0.4, 0.5) is 0 Å². The van der Waals surface area contributed by atoms with Crippen LogP contribution in [0.1, 0.15) is 78.5 Å². The number of carbonyl (C=O) groups is 5. The molecule has 0 radical (unpaired) electrons. The zero-order valence-electron chi connectivity index (χ0n) is 26.7. The number of benzene rings is 1. The van der Waals surface area contributed by atoms with E-state index in [-0.39, 0.29) is 48.6 Å². The highest BCUT2D eigenvalue weighted by molar-refractivity contribution is 7.70. The van der Waals surface area contributed by atoms with Crippen LogP contribution in [0.3, 0.4) is 0 Å². The van der Waals surface area contributed by atoms with Crippen LogP contribution in [0.25, 0.3) is 10.9 Å². The summed E-state index contributed by atoms with van der Waals surface area (Å²) in [6.45, 7) is 4.86. The summed E-state index contributed by atoms with van der Waals surface area (Å²) in [6.07, 6.45) is 3.54. The summed E-state index contributed by atoms with van der Waals surface area (Å²) in [7, 11) is -5.00. The van der Waals surface area contributed by atoms with Crippen LogP contribution >= 0.6 is 7.60 Å². The number of amides is 4. The van der Waals surface area contributed by atoms with Gasteiger partial charge in [0, 0.05) is 54.3 Å². The smallest absolute Gasteiger partial charge is 0.370 e.